The number of ether oxygens (including phenoxy) is 1. The van der Waals surface area contributed by atoms with Gasteiger partial charge in [0.25, 0.3) is 0 Å². The molecule has 4 nitrogen and oxygen atoms in total. The van der Waals surface area contributed by atoms with Crippen molar-refractivity contribution in [2.75, 3.05) is 23.7 Å². The summed E-state index contributed by atoms with van der Waals surface area (Å²) in [7, 11) is -1.55. The lowest BCUT2D eigenvalue weighted by atomic mass is 10.2. The summed E-state index contributed by atoms with van der Waals surface area (Å²) in [4.78, 5) is 0. The molecule has 1 aromatic rings. The van der Waals surface area contributed by atoms with Crippen LogP contribution in [0.5, 0.6) is 5.75 Å². The number of rotatable bonds is 2. The van der Waals surface area contributed by atoms with Gasteiger partial charge in [-0.2, -0.15) is 0 Å². The van der Waals surface area contributed by atoms with Gasteiger partial charge in [-0.1, -0.05) is 6.07 Å². The third-order valence-corrected chi connectivity index (χ3v) is 4.56. The van der Waals surface area contributed by atoms with Crippen LogP contribution in [0.25, 0.3) is 0 Å². The highest BCUT2D eigenvalue weighted by Crippen LogP contribution is 2.26. The van der Waals surface area contributed by atoms with Crippen molar-refractivity contribution in [1.29, 1.82) is 0 Å². The Labute approximate surface area is 95.9 Å². The zero-order chi connectivity index (χ0) is 11.6. The molecule has 1 aromatic carbocycles. The number of hydrogen-bond acceptors (Lipinski definition) is 3. The molecular weight excluding hydrogens is 226 g/mol. The van der Waals surface area contributed by atoms with E-state index in [4.69, 9.17) is 4.74 Å². The number of methoxy groups -OCH3 is 1. The molecule has 16 heavy (non-hydrogen) atoms. The standard InChI is InChI=1S/C11H15NO3S/c1-15-11-6-4-5-10(9-11)12-7-2-3-8-16(12,13)14/h4-6,9H,2-3,7-8H2,1H3. The molecule has 1 aliphatic rings. The maximum absolute atomic E-state index is 11.9. The van der Waals surface area contributed by atoms with Gasteiger partial charge in [-0.05, 0) is 25.0 Å². The molecule has 1 aliphatic heterocycles. The highest BCUT2D eigenvalue weighted by molar-refractivity contribution is 7.92. The van der Waals surface area contributed by atoms with Gasteiger partial charge in [0.15, 0.2) is 0 Å². The van der Waals surface area contributed by atoms with E-state index >= 15 is 0 Å². The minimum atomic E-state index is -3.12. The van der Waals surface area contributed by atoms with E-state index in [1.807, 2.05) is 0 Å². The fourth-order valence-corrected chi connectivity index (χ4v) is 3.48. The Morgan fingerprint density at radius 3 is 2.81 bits per heavy atom. The second-order valence-electron chi connectivity index (χ2n) is 3.80. The van der Waals surface area contributed by atoms with Crippen molar-refractivity contribution in [2.24, 2.45) is 0 Å². The van der Waals surface area contributed by atoms with Crippen LogP contribution in [0.4, 0.5) is 5.69 Å². The summed E-state index contributed by atoms with van der Waals surface area (Å²) in [6.07, 6.45) is 1.67. The summed E-state index contributed by atoms with van der Waals surface area (Å²) in [5, 5.41) is 0. The predicted molar refractivity (Wildman–Crippen MR) is 63.4 cm³/mol. The van der Waals surface area contributed by atoms with Crippen LogP contribution in [0.1, 0.15) is 12.8 Å². The van der Waals surface area contributed by atoms with Crippen LogP contribution in [0.3, 0.4) is 0 Å². The number of sulfonamides is 1. The molecule has 1 saturated heterocycles. The van der Waals surface area contributed by atoms with E-state index in [9.17, 15) is 8.42 Å². The Kier molecular flexibility index (Phi) is 3.05. The first-order valence-corrected chi connectivity index (χ1v) is 6.89. The van der Waals surface area contributed by atoms with Crippen molar-refractivity contribution in [3.05, 3.63) is 24.3 Å². The molecule has 1 heterocycles. The van der Waals surface area contributed by atoms with E-state index in [1.165, 1.54) is 4.31 Å². The van der Waals surface area contributed by atoms with E-state index in [0.717, 1.165) is 12.8 Å². The van der Waals surface area contributed by atoms with Crippen molar-refractivity contribution in [1.82, 2.24) is 0 Å². The van der Waals surface area contributed by atoms with Gasteiger partial charge < -0.3 is 4.74 Å². The van der Waals surface area contributed by atoms with Crippen molar-refractivity contribution in [2.45, 2.75) is 12.8 Å². The monoisotopic (exact) mass is 241 g/mol. The zero-order valence-corrected chi connectivity index (χ0v) is 10.0. The maximum Gasteiger partial charge on any atom is 0.235 e. The van der Waals surface area contributed by atoms with Gasteiger partial charge in [-0.15, -0.1) is 0 Å². The number of anilines is 1. The number of nitrogens with zero attached hydrogens (tertiary/aromatic N) is 1. The lowest BCUT2D eigenvalue weighted by Gasteiger charge is -2.28. The van der Waals surface area contributed by atoms with Crippen molar-refractivity contribution in [3.8, 4) is 5.75 Å². The molecule has 0 unspecified atom stereocenters. The summed E-state index contributed by atoms with van der Waals surface area (Å²) in [5.41, 5.74) is 0.694. The third kappa shape index (κ3) is 2.14. The first-order chi connectivity index (χ1) is 7.63. The molecular formula is C11H15NO3S. The van der Waals surface area contributed by atoms with Crippen molar-refractivity contribution >= 4 is 15.7 Å². The summed E-state index contributed by atoms with van der Waals surface area (Å²) >= 11 is 0. The van der Waals surface area contributed by atoms with E-state index in [0.29, 0.717) is 18.0 Å². The molecule has 0 radical (unpaired) electrons. The molecule has 1 fully saturated rings. The minimum Gasteiger partial charge on any atom is -0.497 e. The molecule has 0 amide bonds. The summed E-state index contributed by atoms with van der Waals surface area (Å²) < 4.78 is 30.3. The quantitative estimate of drug-likeness (QED) is 0.790. The molecule has 0 aliphatic carbocycles. The first kappa shape index (κ1) is 11.3. The van der Waals surface area contributed by atoms with Gasteiger partial charge in [0.2, 0.25) is 10.0 Å². The normalized spacial score (nSPS) is 19.4. The van der Waals surface area contributed by atoms with Crippen LogP contribution in [0.2, 0.25) is 0 Å². The lowest BCUT2D eigenvalue weighted by molar-refractivity contribution is 0.415. The smallest absolute Gasteiger partial charge is 0.235 e. The highest BCUT2D eigenvalue weighted by Gasteiger charge is 2.25. The van der Waals surface area contributed by atoms with Crippen LogP contribution in [0.15, 0.2) is 24.3 Å². The molecule has 0 aromatic heterocycles. The molecule has 0 atom stereocenters. The van der Waals surface area contributed by atoms with Crippen LogP contribution >= 0.6 is 0 Å². The van der Waals surface area contributed by atoms with Gasteiger partial charge in [0, 0.05) is 12.6 Å². The second kappa shape index (κ2) is 4.33. The Morgan fingerprint density at radius 1 is 1.31 bits per heavy atom. The summed E-state index contributed by atoms with van der Waals surface area (Å²) in [5.74, 6) is 0.919. The fourth-order valence-electron chi connectivity index (χ4n) is 1.84. The number of hydrogen-bond donors (Lipinski definition) is 0. The zero-order valence-electron chi connectivity index (χ0n) is 9.22. The highest BCUT2D eigenvalue weighted by atomic mass is 32.2. The average Bonchev–Trinajstić information content (AvgIpc) is 2.28. The summed E-state index contributed by atoms with van der Waals surface area (Å²) in [6, 6.07) is 7.16. The van der Waals surface area contributed by atoms with Gasteiger partial charge in [-0.25, -0.2) is 8.42 Å². The molecule has 88 valence electrons. The molecule has 0 bridgehead atoms. The average molecular weight is 241 g/mol. The predicted octanol–water partition coefficient (Wildman–Crippen LogP) is 1.63. The lowest BCUT2D eigenvalue weighted by Crippen LogP contribution is -2.37. The largest absolute Gasteiger partial charge is 0.497 e. The fraction of sp³-hybridized carbons (Fsp3) is 0.455. The van der Waals surface area contributed by atoms with Crippen LogP contribution < -0.4 is 9.04 Å². The first-order valence-electron chi connectivity index (χ1n) is 5.28. The molecule has 0 saturated carbocycles. The Balaban J connectivity index is 2.35. The Morgan fingerprint density at radius 2 is 2.12 bits per heavy atom. The van der Waals surface area contributed by atoms with Crippen LogP contribution in [-0.4, -0.2) is 27.8 Å². The van der Waals surface area contributed by atoms with Crippen molar-refractivity contribution < 1.29 is 13.2 Å². The molecule has 0 spiro atoms. The van der Waals surface area contributed by atoms with Crippen LogP contribution in [0, 0.1) is 0 Å². The SMILES string of the molecule is COc1cccc(N2CCCCS2(=O)=O)c1. The van der Waals surface area contributed by atoms with E-state index in [-0.39, 0.29) is 5.75 Å². The van der Waals surface area contributed by atoms with Gasteiger partial charge >= 0.3 is 0 Å². The number of benzene rings is 1. The van der Waals surface area contributed by atoms with Gasteiger partial charge in [-0.3, -0.25) is 4.31 Å². The van der Waals surface area contributed by atoms with E-state index < -0.39 is 10.0 Å². The topological polar surface area (TPSA) is 46.6 Å². The summed E-state index contributed by atoms with van der Waals surface area (Å²) in [6.45, 7) is 0.565. The van der Waals surface area contributed by atoms with Crippen LogP contribution in [-0.2, 0) is 10.0 Å². The maximum atomic E-state index is 11.9. The minimum absolute atomic E-state index is 0.240. The Bertz CT molecular complexity index is 470. The van der Waals surface area contributed by atoms with Gasteiger partial charge in [0.05, 0.1) is 18.6 Å². The van der Waals surface area contributed by atoms with E-state index in [1.54, 1.807) is 31.4 Å². The second-order valence-corrected chi connectivity index (χ2v) is 5.81. The molecule has 0 N–H and O–H groups in total. The molecule has 5 heteroatoms. The van der Waals surface area contributed by atoms with E-state index in [2.05, 4.69) is 0 Å². The molecule has 2 rings (SSSR count). The van der Waals surface area contributed by atoms with Gasteiger partial charge in [0.1, 0.15) is 5.75 Å². The third-order valence-electron chi connectivity index (χ3n) is 2.69. The van der Waals surface area contributed by atoms with Crippen molar-refractivity contribution in [3.63, 3.8) is 0 Å². The Hall–Kier alpha value is -1.23.